The molecule has 0 aliphatic carbocycles. The normalized spacial score (nSPS) is 16.7. The van der Waals surface area contributed by atoms with Crippen LogP contribution >= 0.6 is 0 Å². The molecule has 1 N–H and O–H groups in total. The molecule has 28 heavy (non-hydrogen) atoms. The molecule has 2 rings (SSSR count). The third kappa shape index (κ3) is 6.02. The highest BCUT2D eigenvalue weighted by Gasteiger charge is 2.42. The van der Waals surface area contributed by atoms with Gasteiger partial charge in [-0.3, -0.25) is 9.88 Å². The monoisotopic (exact) mass is 409 g/mol. The molecule has 1 aliphatic heterocycles. The van der Waals surface area contributed by atoms with E-state index >= 15 is 0 Å². The summed E-state index contributed by atoms with van der Waals surface area (Å²) in [6.07, 6.45) is -4.25. The van der Waals surface area contributed by atoms with Gasteiger partial charge in [0.05, 0.1) is 12.1 Å². The van der Waals surface area contributed by atoms with Crippen LogP contribution in [0.1, 0.15) is 44.9 Å². The summed E-state index contributed by atoms with van der Waals surface area (Å²) in [6.45, 7) is 4.98. The fourth-order valence-electron chi connectivity index (χ4n) is 2.85. The predicted octanol–water partition coefficient (Wildman–Crippen LogP) is 4.18. The maximum atomic E-state index is 14.8. The van der Waals surface area contributed by atoms with Crippen LogP contribution in [0, 0.1) is 0 Å². The fraction of sp³-hybridized carbons (Fsp3) is 0.667. The number of piperidine rings is 1. The van der Waals surface area contributed by atoms with E-state index < -0.39 is 47.6 Å². The van der Waals surface area contributed by atoms with E-state index in [0.717, 1.165) is 4.90 Å². The van der Waals surface area contributed by atoms with Gasteiger partial charge in [-0.25, -0.2) is 4.79 Å². The Morgan fingerprint density at radius 2 is 1.79 bits per heavy atom. The number of aromatic nitrogens is 1. The second kappa shape index (κ2) is 8.18. The minimum absolute atomic E-state index is 0.367. The van der Waals surface area contributed by atoms with Crippen molar-refractivity contribution in [2.45, 2.75) is 57.4 Å². The largest absolute Gasteiger partial charge is 0.444 e. The van der Waals surface area contributed by atoms with Gasteiger partial charge in [0.25, 0.3) is 0 Å². The zero-order valence-corrected chi connectivity index (χ0v) is 15.9. The smallest absolute Gasteiger partial charge is 0.417 e. The van der Waals surface area contributed by atoms with Gasteiger partial charge in [-0.1, -0.05) is 0 Å². The number of hydrogen-bond donors (Lipinski definition) is 1. The van der Waals surface area contributed by atoms with Crippen LogP contribution in [0.25, 0.3) is 0 Å². The molecule has 1 aliphatic rings. The van der Waals surface area contributed by atoms with E-state index in [1.54, 1.807) is 20.8 Å². The molecule has 0 saturated carbocycles. The molecule has 10 heteroatoms. The predicted molar refractivity (Wildman–Crippen MR) is 92.0 cm³/mol. The first-order valence-corrected chi connectivity index (χ1v) is 8.91. The van der Waals surface area contributed by atoms with Gasteiger partial charge in [-0.15, -0.1) is 0 Å². The highest BCUT2D eigenvalue weighted by Crippen LogP contribution is 2.33. The van der Waals surface area contributed by atoms with Crippen LogP contribution in [0.2, 0.25) is 0 Å². The van der Waals surface area contributed by atoms with E-state index in [9.17, 15) is 26.7 Å². The lowest BCUT2D eigenvalue weighted by atomic mass is 10.0. The van der Waals surface area contributed by atoms with Crippen molar-refractivity contribution in [3.05, 3.63) is 29.6 Å². The zero-order chi connectivity index (χ0) is 21.2. The maximum absolute atomic E-state index is 14.8. The molecule has 0 unspecified atom stereocenters. The summed E-state index contributed by atoms with van der Waals surface area (Å²) >= 11 is 0. The van der Waals surface area contributed by atoms with Crippen molar-refractivity contribution < 1.29 is 31.5 Å². The van der Waals surface area contributed by atoms with Crippen molar-refractivity contribution in [1.82, 2.24) is 15.2 Å². The molecule has 0 aromatic carbocycles. The average molecular weight is 409 g/mol. The van der Waals surface area contributed by atoms with Gasteiger partial charge in [0, 0.05) is 12.2 Å². The summed E-state index contributed by atoms with van der Waals surface area (Å²) in [7, 11) is 0. The van der Waals surface area contributed by atoms with Crippen LogP contribution < -0.4 is 5.32 Å². The zero-order valence-electron chi connectivity index (χ0n) is 15.9. The lowest BCUT2D eigenvalue weighted by Gasteiger charge is -2.37. The summed E-state index contributed by atoms with van der Waals surface area (Å²) in [5, 5.41) is 3.09. The highest BCUT2D eigenvalue weighted by molar-refractivity contribution is 5.68. The van der Waals surface area contributed by atoms with E-state index in [4.69, 9.17) is 4.74 Å². The summed E-state index contributed by atoms with van der Waals surface area (Å²) in [5.74, 6) is -3.63. The number of carbonyl (C=O) groups excluding carboxylic acids is 1. The first-order chi connectivity index (χ1) is 12.8. The number of halogens is 5. The van der Waals surface area contributed by atoms with E-state index in [2.05, 4.69) is 10.3 Å². The molecular formula is C18H24F5N3O2. The van der Waals surface area contributed by atoms with Crippen molar-refractivity contribution in [1.29, 1.82) is 0 Å². The third-order valence-corrected chi connectivity index (χ3v) is 4.21. The van der Waals surface area contributed by atoms with Crippen LogP contribution in [-0.2, 0) is 16.8 Å². The summed E-state index contributed by atoms with van der Waals surface area (Å²) in [4.78, 5) is 16.8. The molecule has 158 valence electrons. The van der Waals surface area contributed by atoms with Gasteiger partial charge < -0.3 is 10.1 Å². The van der Waals surface area contributed by atoms with Crippen molar-refractivity contribution in [2.24, 2.45) is 0 Å². The molecular weight excluding hydrogens is 385 g/mol. The summed E-state index contributed by atoms with van der Waals surface area (Å²) < 4.78 is 72.7. The van der Waals surface area contributed by atoms with Crippen molar-refractivity contribution >= 4 is 6.09 Å². The van der Waals surface area contributed by atoms with E-state index in [1.165, 1.54) is 0 Å². The van der Waals surface area contributed by atoms with Gasteiger partial charge >= 0.3 is 18.2 Å². The minimum atomic E-state index is -4.67. The Morgan fingerprint density at radius 3 is 2.25 bits per heavy atom. The number of nitrogens with zero attached hydrogens (tertiary/aromatic N) is 2. The number of pyridine rings is 1. The van der Waals surface area contributed by atoms with Gasteiger partial charge in [0.1, 0.15) is 11.3 Å². The van der Waals surface area contributed by atoms with E-state index in [-0.39, 0.29) is 0 Å². The molecule has 0 bridgehead atoms. The summed E-state index contributed by atoms with van der Waals surface area (Å²) in [5.41, 5.74) is -2.82. The van der Waals surface area contributed by atoms with Crippen LogP contribution in [0.4, 0.5) is 26.7 Å². The van der Waals surface area contributed by atoms with Gasteiger partial charge in [0.2, 0.25) is 0 Å². The quantitative estimate of drug-likeness (QED) is 0.758. The Hall–Kier alpha value is -1.97. The fourth-order valence-corrected chi connectivity index (χ4v) is 2.85. The maximum Gasteiger partial charge on any atom is 0.417 e. The standard InChI is InChI=1S/C18H24F5N3O2/c1-16(2,3)28-15(27)26(13-6-8-24-9-7-13)11-17(19,20)14-5-4-12(10-25-14)18(21,22)23/h4-5,10,13,24H,6-9,11H2,1-3H3. The number of alkyl halides is 5. The lowest BCUT2D eigenvalue weighted by Crippen LogP contribution is -2.51. The van der Waals surface area contributed by atoms with Crippen LogP contribution in [0.5, 0.6) is 0 Å². The Morgan fingerprint density at radius 1 is 1.18 bits per heavy atom. The van der Waals surface area contributed by atoms with Crippen molar-refractivity contribution in [3.8, 4) is 0 Å². The Bertz CT molecular complexity index is 665. The van der Waals surface area contributed by atoms with Crippen molar-refractivity contribution in [3.63, 3.8) is 0 Å². The molecule has 5 nitrogen and oxygen atoms in total. The second-order valence-corrected chi connectivity index (χ2v) is 7.72. The third-order valence-electron chi connectivity index (χ3n) is 4.21. The number of rotatable bonds is 4. The number of amides is 1. The first-order valence-electron chi connectivity index (χ1n) is 8.91. The van der Waals surface area contributed by atoms with Gasteiger partial charge in [-0.05, 0) is 58.8 Å². The van der Waals surface area contributed by atoms with Crippen LogP contribution in [-0.4, -0.2) is 47.3 Å². The van der Waals surface area contributed by atoms with Gasteiger partial charge in [-0.2, -0.15) is 22.0 Å². The molecule has 0 spiro atoms. The molecule has 1 aromatic rings. The number of hydrogen-bond acceptors (Lipinski definition) is 4. The Balaban J connectivity index is 2.24. The first kappa shape index (κ1) is 22.3. The van der Waals surface area contributed by atoms with Crippen LogP contribution in [0.15, 0.2) is 18.3 Å². The van der Waals surface area contributed by atoms with Gasteiger partial charge in [0.15, 0.2) is 0 Å². The average Bonchev–Trinajstić information content (AvgIpc) is 2.58. The Kier molecular flexibility index (Phi) is 6.52. The minimum Gasteiger partial charge on any atom is -0.444 e. The SMILES string of the molecule is CC(C)(C)OC(=O)N(CC(F)(F)c1ccc(C(F)(F)F)cn1)C1CCNCC1. The Labute approximate surface area is 160 Å². The molecule has 0 atom stereocenters. The van der Waals surface area contributed by atoms with Crippen LogP contribution in [0.3, 0.4) is 0 Å². The van der Waals surface area contributed by atoms with E-state index in [0.29, 0.717) is 44.3 Å². The number of nitrogens with one attached hydrogen (secondary N) is 1. The molecule has 2 heterocycles. The molecule has 1 fully saturated rings. The number of ether oxygens (including phenoxy) is 1. The van der Waals surface area contributed by atoms with E-state index in [1.807, 2.05) is 0 Å². The topological polar surface area (TPSA) is 54.5 Å². The van der Waals surface area contributed by atoms with Crippen molar-refractivity contribution in [2.75, 3.05) is 19.6 Å². The molecule has 1 saturated heterocycles. The molecule has 0 radical (unpaired) electrons. The summed E-state index contributed by atoms with van der Waals surface area (Å²) in [6, 6.07) is 0.730. The molecule has 1 amide bonds. The highest BCUT2D eigenvalue weighted by atomic mass is 19.4. The molecule has 1 aromatic heterocycles. The lowest BCUT2D eigenvalue weighted by molar-refractivity contribution is -0.138. The number of carbonyl (C=O) groups is 1. The second-order valence-electron chi connectivity index (χ2n) is 7.72.